The van der Waals surface area contributed by atoms with Gasteiger partial charge in [0.2, 0.25) is 0 Å². The fourth-order valence-corrected chi connectivity index (χ4v) is 1.90. The minimum atomic E-state index is -0.733. The van der Waals surface area contributed by atoms with Crippen molar-refractivity contribution in [1.82, 2.24) is 0 Å². The summed E-state index contributed by atoms with van der Waals surface area (Å²) in [5, 5.41) is 2.60. The van der Waals surface area contributed by atoms with Crippen LogP contribution in [0, 0.1) is 11.6 Å². The average molecular weight is 340 g/mol. The highest BCUT2D eigenvalue weighted by atomic mass is 79.9. The molecule has 3 nitrogen and oxygen atoms in total. The summed E-state index contributed by atoms with van der Waals surface area (Å²) in [5.74, 6) is -1.34. The standard InChI is InChI=1S/C14H12BrF2N3/c15-10-6-13(12(17)7-11(10)16)20-14(18)19-8-9-4-2-1-3-5-9/h1-7H,8H2,(H3,18,19,20). The lowest BCUT2D eigenvalue weighted by molar-refractivity contribution is 0.581. The third-order valence-corrected chi connectivity index (χ3v) is 3.16. The van der Waals surface area contributed by atoms with E-state index in [-0.39, 0.29) is 16.1 Å². The Morgan fingerprint density at radius 2 is 1.85 bits per heavy atom. The van der Waals surface area contributed by atoms with E-state index < -0.39 is 11.6 Å². The van der Waals surface area contributed by atoms with E-state index in [1.807, 2.05) is 30.3 Å². The van der Waals surface area contributed by atoms with Crippen LogP contribution in [-0.2, 0) is 6.54 Å². The summed E-state index contributed by atoms with van der Waals surface area (Å²) in [7, 11) is 0. The molecule has 0 spiro atoms. The number of aliphatic imine (C=N–C) groups is 1. The Bertz CT molecular complexity index is 630. The van der Waals surface area contributed by atoms with E-state index in [1.54, 1.807) is 0 Å². The molecule has 0 bridgehead atoms. The van der Waals surface area contributed by atoms with Crippen LogP contribution in [0.5, 0.6) is 0 Å². The van der Waals surface area contributed by atoms with Gasteiger partial charge in [-0.1, -0.05) is 30.3 Å². The topological polar surface area (TPSA) is 50.4 Å². The molecule has 0 aliphatic heterocycles. The Labute approximate surface area is 123 Å². The molecule has 0 unspecified atom stereocenters. The maximum atomic E-state index is 13.5. The van der Waals surface area contributed by atoms with E-state index in [0.29, 0.717) is 6.54 Å². The van der Waals surface area contributed by atoms with Crippen molar-refractivity contribution in [3.8, 4) is 0 Å². The quantitative estimate of drug-likeness (QED) is 0.509. The zero-order valence-corrected chi connectivity index (χ0v) is 12.0. The summed E-state index contributed by atoms with van der Waals surface area (Å²) < 4.78 is 26.8. The largest absolute Gasteiger partial charge is 0.370 e. The number of rotatable bonds is 3. The van der Waals surface area contributed by atoms with Gasteiger partial charge in [-0.3, -0.25) is 0 Å². The summed E-state index contributed by atoms with van der Waals surface area (Å²) in [6.07, 6.45) is 0. The van der Waals surface area contributed by atoms with Gasteiger partial charge >= 0.3 is 0 Å². The van der Waals surface area contributed by atoms with Gasteiger partial charge in [0, 0.05) is 6.07 Å². The smallest absolute Gasteiger partial charge is 0.193 e. The molecule has 6 heteroatoms. The van der Waals surface area contributed by atoms with Crippen LogP contribution in [0.25, 0.3) is 0 Å². The van der Waals surface area contributed by atoms with Crippen molar-refractivity contribution in [2.45, 2.75) is 6.54 Å². The number of anilines is 1. The highest BCUT2D eigenvalue weighted by Gasteiger charge is 2.08. The Morgan fingerprint density at radius 1 is 1.15 bits per heavy atom. The second-order valence-electron chi connectivity index (χ2n) is 4.06. The van der Waals surface area contributed by atoms with Gasteiger partial charge in [0.25, 0.3) is 0 Å². The average Bonchev–Trinajstić information content (AvgIpc) is 2.44. The number of benzene rings is 2. The Hall–Kier alpha value is -1.95. The van der Waals surface area contributed by atoms with Crippen LogP contribution in [-0.4, -0.2) is 5.96 Å². The summed E-state index contributed by atoms with van der Waals surface area (Å²) >= 11 is 2.98. The second kappa shape index (κ2) is 6.47. The van der Waals surface area contributed by atoms with Gasteiger partial charge in [0.1, 0.15) is 11.6 Å². The van der Waals surface area contributed by atoms with E-state index in [9.17, 15) is 8.78 Å². The van der Waals surface area contributed by atoms with Crippen molar-refractivity contribution in [3.05, 3.63) is 64.1 Å². The van der Waals surface area contributed by atoms with Gasteiger partial charge in [0.15, 0.2) is 5.96 Å². The van der Waals surface area contributed by atoms with Crippen LogP contribution in [0.15, 0.2) is 51.9 Å². The number of nitrogens with two attached hydrogens (primary N) is 1. The van der Waals surface area contributed by atoms with Gasteiger partial charge in [0.05, 0.1) is 16.7 Å². The Kier molecular flexibility index (Phi) is 4.68. The minimum Gasteiger partial charge on any atom is -0.370 e. The zero-order chi connectivity index (χ0) is 14.5. The predicted octanol–water partition coefficient (Wildman–Crippen LogP) is 3.65. The third kappa shape index (κ3) is 3.77. The summed E-state index contributed by atoms with van der Waals surface area (Å²) in [6.45, 7) is 0.379. The Morgan fingerprint density at radius 3 is 2.55 bits per heavy atom. The lowest BCUT2D eigenvalue weighted by Crippen LogP contribution is -2.23. The van der Waals surface area contributed by atoms with E-state index in [0.717, 1.165) is 11.6 Å². The van der Waals surface area contributed by atoms with Crippen molar-refractivity contribution >= 4 is 27.6 Å². The first-order chi connectivity index (χ1) is 9.56. The molecule has 3 N–H and O–H groups in total. The van der Waals surface area contributed by atoms with Crippen LogP contribution >= 0.6 is 15.9 Å². The molecule has 0 heterocycles. The number of nitrogens with zero attached hydrogens (tertiary/aromatic N) is 1. The zero-order valence-electron chi connectivity index (χ0n) is 10.4. The van der Waals surface area contributed by atoms with Gasteiger partial charge < -0.3 is 11.1 Å². The van der Waals surface area contributed by atoms with Crippen LogP contribution in [0.2, 0.25) is 0 Å². The molecule has 2 aromatic carbocycles. The maximum absolute atomic E-state index is 13.5. The number of guanidine groups is 1. The van der Waals surface area contributed by atoms with Crippen LogP contribution < -0.4 is 11.1 Å². The minimum absolute atomic E-state index is 0.0614. The molecule has 0 aliphatic carbocycles. The molecule has 0 atom stereocenters. The number of halogens is 3. The van der Waals surface area contributed by atoms with Gasteiger partial charge in [-0.05, 0) is 27.6 Å². The van der Waals surface area contributed by atoms with Crippen molar-refractivity contribution in [2.75, 3.05) is 5.32 Å². The molecule has 0 saturated heterocycles. The number of nitrogens with one attached hydrogen (secondary N) is 1. The molecular formula is C14H12BrF2N3. The Balaban J connectivity index is 2.08. The first kappa shape index (κ1) is 14.5. The van der Waals surface area contributed by atoms with Gasteiger partial charge in [-0.15, -0.1) is 0 Å². The van der Waals surface area contributed by atoms with E-state index in [2.05, 4.69) is 26.2 Å². The van der Waals surface area contributed by atoms with Crippen LogP contribution in [0.1, 0.15) is 5.56 Å². The molecular weight excluding hydrogens is 328 g/mol. The lowest BCUT2D eigenvalue weighted by atomic mass is 10.2. The molecule has 0 amide bonds. The van der Waals surface area contributed by atoms with Crippen molar-refractivity contribution in [3.63, 3.8) is 0 Å². The van der Waals surface area contributed by atoms with E-state index in [4.69, 9.17) is 5.73 Å². The van der Waals surface area contributed by atoms with Crippen LogP contribution in [0.3, 0.4) is 0 Å². The SMILES string of the molecule is NC(=NCc1ccccc1)Nc1cc(Br)c(F)cc1F. The molecule has 2 rings (SSSR count). The highest BCUT2D eigenvalue weighted by molar-refractivity contribution is 9.10. The molecule has 0 radical (unpaired) electrons. The predicted molar refractivity (Wildman–Crippen MR) is 79.4 cm³/mol. The fourth-order valence-electron chi connectivity index (χ4n) is 1.56. The third-order valence-electron chi connectivity index (χ3n) is 2.55. The maximum Gasteiger partial charge on any atom is 0.193 e. The van der Waals surface area contributed by atoms with Gasteiger partial charge in [-0.25, -0.2) is 13.8 Å². The summed E-state index contributed by atoms with van der Waals surface area (Å²) in [6, 6.07) is 11.6. The summed E-state index contributed by atoms with van der Waals surface area (Å²) in [4.78, 5) is 4.09. The van der Waals surface area contributed by atoms with Crippen molar-refractivity contribution < 1.29 is 8.78 Å². The number of hydrogen-bond donors (Lipinski definition) is 2. The molecule has 20 heavy (non-hydrogen) atoms. The molecule has 0 saturated carbocycles. The van der Waals surface area contributed by atoms with E-state index in [1.165, 1.54) is 6.07 Å². The van der Waals surface area contributed by atoms with Gasteiger partial charge in [-0.2, -0.15) is 0 Å². The summed E-state index contributed by atoms with van der Waals surface area (Å²) in [5.41, 5.74) is 6.72. The fraction of sp³-hybridized carbons (Fsp3) is 0.0714. The molecule has 104 valence electrons. The molecule has 0 fully saturated rings. The monoisotopic (exact) mass is 339 g/mol. The highest BCUT2D eigenvalue weighted by Crippen LogP contribution is 2.23. The lowest BCUT2D eigenvalue weighted by Gasteiger charge is -2.08. The molecule has 2 aromatic rings. The first-order valence-corrected chi connectivity index (χ1v) is 6.61. The second-order valence-corrected chi connectivity index (χ2v) is 4.91. The first-order valence-electron chi connectivity index (χ1n) is 5.81. The van der Waals surface area contributed by atoms with Crippen molar-refractivity contribution in [1.29, 1.82) is 0 Å². The van der Waals surface area contributed by atoms with Crippen molar-refractivity contribution in [2.24, 2.45) is 10.7 Å². The molecule has 0 aromatic heterocycles. The number of hydrogen-bond acceptors (Lipinski definition) is 1. The van der Waals surface area contributed by atoms with E-state index >= 15 is 0 Å². The van der Waals surface area contributed by atoms with Crippen LogP contribution in [0.4, 0.5) is 14.5 Å². The normalized spacial score (nSPS) is 11.4. The molecule has 0 aliphatic rings.